The molecule has 8 nitrogen and oxygen atoms in total. The summed E-state index contributed by atoms with van der Waals surface area (Å²) < 4.78 is 0. The van der Waals surface area contributed by atoms with E-state index in [-0.39, 0.29) is 23.0 Å². The Bertz CT molecular complexity index is 698. The summed E-state index contributed by atoms with van der Waals surface area (Å²) in [7, 11) is 0. The summed E-state index contributed by atoms with van der Waals surface area (Å²) in [4.78, 5) is 20.5. The Morgan fingerprint density at radius 1 is 1.14 bits per heavy atom. The van der Waals surface area contributed by atoms with E-state index in [9.17, 15) is 20.2 Å². The highest BCUT2D eigenvalue weighted by Gasteiger charge is 2.28. The van der Waals surface area contributed by atoms with Crippen LogP contribution in [0.1, 0.15) is 19.3 Å². The van der Waals surface area contributed by atoms with Gasteiger partial charge in [-0.25, -0.2) is 0 Å². The van der Waals surface area contributed by atoms with E-state index in [0.717, 1.165) is 31.0 Å². The average Bonchev–Trinajstić information content (AvgIpc) is 2.53. The molecule has 1 aromatic rings. The molecule has 2 unspecified atom stereocenters. The standard InChI is InChI=1S/C14H14N4O4/c19-17(20)11-5-6-12(14(8-11)18(21)22)15-16-13-7-9-1-3-10(13)4-2-9/h1,3,5-6,8-10,15H,2,4,7H2. The molecule has 3 aliphatic rings. The first kappa shape index (κ1) is 14.2. The maximum absolute atomic E-state index is 11.1. The van der Waals surface area contributed by atoms with Gasteiger partial charge in [-0.15, -0.1) is 0 Å². The number of hydrogen-bond donors (Lipinski definition) is 1. The van der Waals surface area contributed by atoms with Crippen LogP contribution in [-0.2, 0) is 0 Å². The molecule has 0 aromatic heterocycles. The fraction of sp³-hybridized carbons (Fsp3) is 0.357. The van der Waals surface area contributed by atoms with Gasteiger partial charge in [0.1, 0.15) is 5.69 Å². The van der Waals surface area contributed by atoms with Crippen LogP contribution in [0.2, 0.25) is 0 Å². The number of nitro benzene ring substituents is 2. The predicted molar refractivity (Wildman–Crippen MR) is 80.8 cm³/mol. The van der Waals surface area contributed by atoms with E-state index < -0.39 is 9.85 Å². The second kappa shape index (κ2) is 5.55. The predicted octanol–water partition coefficient (Wildman–Crippen LogP) is 3.26. The van der Waals surface area contributed by atoms with Crippen LogP contribution in [-0.4, -0.2) is 15.6 Å². The second-order valence-electron chi connectivity index (χ2n) is 5.46. The van der Waals surface area contributed by atoms with Gasteiger partial charge >= 0.3 is 5.69 Å². The summed E-state index contributed by atoms with van der Waals surface area (Å²) in [6.45, 7) is 0. The van der Waals surface area contributed by atoms with Gasteiger partial charge in [0, 0.05) is 17.7 Å². The molecule has 0 aliphatic heterocycles. The summed E-state index contributed by atoms with van der Waals surface area (Å²) in [5, 5.41) is 26.1. The maximum atomic E-state index is 11.1. The molecule has 114 valence electrons. The summed E-state index contributed by atoms with van der Waals surface area (Å²) in [5.74, 6) is 0.784. The van der Waals surface area contributed by atoms with E-state index in [0.29, 0.717) is 5.92 Å². The molecule has 1 N–H and O–H groups in total. The maximum Gasteiger partial charge on any atom is 0.301 e. The highest BCUT2D eigenvalue weighted by molar-refractivity contribution is 5.91. The van der Waals surface area contributed by atoms with Crippen LogP contribution < -0.4 is 5.43 Å². The van der Waals surface area contributed by atoms with Gasteiger partial charge in [-0.05, 0) is 31.2 Å². The van der Waals surface area contributed by atoms with Crippen LogP contribution in [0.25, 0.3) is 0 Å². The van der Waals surface area contributed by atoms with Gasteiger partial charge in [-0.3, -0.25) is 25.7 Å². The van der Waals surface area contributed by atoms with Gasteiger partial charge in [0.05, 0.1) is 15.9 Å². The van der Waals surface area contributed by atoms with E-state index in [1.807, 2.05) is 0 Å². The molecule has 1 saturated carbocycles. The van der Waals surface area contributed by atoms with Crippen molar-refractivity contribution in [3.8, 4) is 0 Å². The normalized spacial score (nSPS) is 24.5. The third-order valence-electron chi connectivity index (χ3n) is 4.07. The first-order valence-electron chi connectivity index (χ1n) is 6.98. The third-order valence-corrected chi connectivity index (χ3v) is 4.07. The zero-order chi connectivity index (χ0) is 15.7. The molecule has 0 spiro atoms. The van der Waals surface area contributed by atoms with Crippen LogP contribution in [0, 0.1) is 32.1 Å². The van der Waals surface area contributed by atoms with E-state index in [2.05, 4.69) is 22.7 Å². The first-order valence-corrected chi connectivity index (χ1v) is 6.98. The number of rotatable bonds is 4. The number of allylic oxidation sites excluding steroid dienone is 2. The minimum atomic E-state index is -0.659. The average molecular weight is 302 g/mol. The molecule has 0 heterocycles. The lowest BCUT2D eigenvalue weighted by molar-refractivity contribution is -0.393. The lowest BCUT2D eigenvalue weighted by Gasteiger charge is -2.31. The van der Waals surface area contributed by atoms with Gasteiger partial charge in [0.25, 0.3) is 5.69 Å². The number of hydrogen-bond acceptors (Lipinski definition) is 6. The van der Waals surface area contributed by atoms with E-state index in [1.165, 1.54) is 12.1 Å². The van der Waals surface area contributed by atoms with Gasteiger partial charge in [0.2, 0.25) is 0 Å². The van der Waals surface area contributed by atoms with Crippen LogP contribution >= 0.6 is 0 Å². The molecular weight excluding hydrogens is 288 g/mol. The Labute approximate surface area is 125 Å². The van der Waals surface area contributed by atoms with Crippen molar-refractivity contribution in [1.29, 1.82) is 0 Å². The van der Waals surface area contributed by atoms with E-state index >= 15 is 0 Å². The van der Waals surface area contributed by atoms with Crippen LogP contribution in [0.4, 0.5) is 17.1 Å². The molecule has 1 fully saturated rings. The molecule has 3 aliphatic carbocycles. The minimum absolute atomic E-state index is 0.161. The van der Waals surface area contributed by atoms with Crippen molar-refractivity contribution < 1.29 is 9.85 Å². The van der Waals surface area contributed by atoms with E-state index in [4.69, 9.17) is 0 Å². The van der Waals surface area contributed by atoms with Crippen LogP contribution in [0.15, 0.2) is 35.5 Å². The highest BCUT2D eigenvalue weighted by atomic mass is 16.6. The molecule has 0 amide bonds. The number of fused-ring (bicyclic) bond motifs is 2. The smallest absolute Gasteiger partial charge is 0.272 e. The van der Waals surface area contributed by atoms with Gasteiger partial charge in [-0.1, -0.05) is 12.2 Å². The van der Waals surface area contributed by atoms with Crippen molar-refractivity contribution in [2.24, 2.45) is 16.9 Å². The topological polar surface area (TPSA) is 111 Å². The molecule has 2 atom stereocenters. The number of anilines is 1. The highest BCUT2D eigenvalue weighted by Crippen LogP contribution is 2.35. The summed E-state index contributed by atoms with van der Waals surface area (Å²) >= 11 is 0. The fourth-order valence-electron chi connectivity index (χ4n) is 2.88. The Morgan fingerprint density at radius 2 is 1.95 bits per heavy atom. The SMILES string of the molecule is O=[N+]([O-])c1ccc(NN=C2CC3C=CC2CC3)c([N+](=O)[O-])c1. The van der Waals surface area contributed by atoms with Crippen molar-refractivity contribution in [2.45, 2.75) is 19.3 Å². The summed E-state index contributed by atoms with van der Waals surface area (Å²) in [6, 6.07) is 3.48. The zero-order valence-corrected chi connectivity index (χ0v) is 11.6. The van der Waals surface area contributed by atoms with Gasteiger partial charge in [-0.2, -0.15) is 5.10 Å². The van der Waals surface area contributed by atoms with Crippen molar-refractivity contribution in [2.75, 3.05) is 5.43 Å². The number of nitrogens with one attached hydrogen (secondary N) is 1. The van der Waals surface area contributed by atoms with Crippen molar-refractivity contribution in [3.05, 3.63) is 50.6 Å². The quantitative estimate of drug-likeness (QED) is 0.521. The van der Waals surface area contributed by atoms with Gasteiger partial charge in [0.15, 0.2) is 0 Å². The Hall–Kier alpha value is -2.77. The fourth-order valence-corrected chi connectivity index (χ4v) is 2.88. The molecule has 22 heavy (non-hydrogen) atoms. The molecule has 0 radical (unpaired) electrons. The Balaban J connectivity index is 1.85. The lowest BCUT2D eigenvalue weighted by atomic mass is 9.75. The largest absolute Gasteiger partial charge is 0.301 e. The summed E-state index contributed by atoms with van der Waals surface area (Å²) in [5.41, 5.74) is 3.18. The van der Waals surface area contributed by atoms with Crippen LogP contribution in [0.5, 0.6) is 0 Å². The number of nitrogens with zero attached hydrogens (tertiary/aromatic N) is 3. The van der Waals surface area contributed by atoms with E-state index in [1.54, 1.807) is 0 Å². The third kappa shape index (κ3) is 2.67. The number of nitro groups is 2. The first-order chi connectivity index (χ1) is 10.5. The number of non-ortho nitro benzene ring substituents is 1. The minimum Gasteiger partial charge on any atom is -0.272 e. The zero-order valence-electron chi connectivity index (χ0n) is 11.6. The Kier molecular flexibility index (Phi) is 3.58. The molecule has 4 rings (SSSR count). The Morgan fingerprint density at radius 3 is 2.50 bits per heavy atom. The molecule has 8 heteroatoms. The number of hydrazone groups is 1. The lowest BCUT2D eigenvalue weighted by Crippen LogP contribution is -2.28. The molecular formula is C14H14N4O4. The van der Waals surface area contributed by atoms with Crippen molar-refractivity contribution in [1.82, 2.24) is 0 Å². The number of benzene rings is 1. The molecule has 0 saturated heterocycles. The monoisotopic (exact) mass is 302 g/mol. The van der Waals surface area contributed by atoms with Crippen molar-refractivity contribution in [3.63, 3.8) is 0 Å². The second-order valence-corrected chi connectivity index (χ2v) is 5.46. The van der Waals surface area contributed by atoms with Gasteiger partial charge < -0.3 is 0 Å². The molecule has 1 aromatic carbocycles. The summed E-state index contributed by atoms with van der Waals surface area (Å²) in [6.07, 6.45) is 7.38. The molecule has 2 bridgehead atoms. The van der Waals surface area contributed by atoms with Crippen molar-refractivity contribution >= 4 is 22.8 Å². The van der Waals surface area contributed by atoms with Crippen LogP contribution in [0.3, 0.4) is 0 Å².